The highest BCUT2D eigenvalue weighted by atomic mass is 16.5. The van der Waals surface area contributed by atoms with E-state index in [1.165, 1.54) is 5.56 Å². The Morgan fingerprint density at radius 1 is 1.27 bits per heavy atom. The Labute approximate surface area is 154 Å². The molecule has 1 N–H and O–H groups in total. The first-order chi connectivity index (χ1) is 12.8. The third-order valence-corrected chi connectivity index (χ3v) is 5.20. The summed E-state index contributed by atoms with van der Waals surface area (Å²) in [6.07, 6.45) is 5.07. The molecule has 0 saturated carbocycles. The van der Waals surface area contributed by atoms with Crippen molar-refractivity contribution < 1.29 is 9.53 Å². The molecule has 0 aliphatic carbocycles. The van der Waals surface area contributed by atoms with Crippen LogP contribution in [0.4, 0.5) is 0 Å². The number of carbonyl (C=O) groups is 1. The summed E-state index contributed by atoms with van der Waals surface area (Å²) in [6, 6.07) is 12.5. The minimum absolute atomic E-state index is 0.00822. The number of carbonyl (C=O) groups excluding carboxylic acids is 1. The van der Waals surface area contributed by atoms with Crippen LogP contribution in [0, 0.1) is 0 Å². The van der Waals surface area contributed by atoms with Crippen LogP contribution < -0.4 is 5.32 Å². The Morgan fingerprint density at radius 2 is 2.15 bits per heavy atom. The number of ether oxygens (including phenoxy) is 1. The van der Waals surface area contributed by atoms with E-state index in [2.05, 4.69) is 22.5 Å². The molecule has 2 fully saturated rings. The number of nitrogens with one attached hydrogen (secondary N) is 1. The molecule has 4 rings (SSSR count). The molecule has 138 valence electrons. The second-order valence-electron chi connectivity index (χ2n) is 7.11. The molecule has 2 aliphatic heterocycles. The molecule has 0 bridgehead atoms. The first-order valence-electron chi connectivity index (χ1n) is 9.50. The summed E-state index contributed by atoms with van der Waals surface area (Å²) in [7, 11) is 0. The summed E-state index contributed by atoms with van der Waals surface area (Å²) in [4.78, 5) is 14.8. The number of rotatable bonds is 4. The normalized spacial score (nSPS) is 23.8. The van der Waals surface area contributed by atoms with Gasteiger partial charge in [-0.25, -0.2) is 0 Å². The van der Waals surface area contributed by atoms with Crippen molar-refractivity contribution in [2.45, 2.75) is 31.4 Å². The third-order valence-electron chi connectivity index (χ3n) is 5.20. The Hall–Kier alpha value is -2.18. The maximum absolute atomic E-state index is 12.9. The van der Waals surface area contributed by atoms with E-state index in [0.717, 1.165) is 32.4 Å². The summed E-state index contributed by atoms with van der Waals surface area (Å²) in [6.45, 7) is 3.82. The molecule has 2 saturated heterocycles. The maximum Gasteiger partial charge on any atom is 0.274 e. The molecule has 2 aromatic rings. The van der Waals surface area contributed by atoms with Crippen molar-refractivity contribution in [1.82, 2.24) is 20.0 Å². The van der Waals surface area contributed by atoms with E-state index in [4.69, 9.17) is 4.74 Å². The van der Waals surface area contributed by atoms with Crippen LogP contribution in [0.15, 0.2) is 42.6 Å². The minimum Gasteiger partial charge on any atom is -0.374 e. The number of benzene rings is 1. The van der Waals surface area contributed by atoms with Gasteiger partial charge in [0.15, 0.2) is 0 Å². The summed E-state index contributed by atoms with van der Waals surface area (Å²) in [5.74, 6) is 0.00822. The number of hydrogen-bond acceptors (Lipinski definition) is 4. The lowest BCUT2D eigenvalue weighted by molar-refractivity contribution is -0.0210. The Morgan fingerprint density at radius 3 is 2.96 bits per heavy atom. The summed E-state index contributed by atoms with van der Waals surface area (Å²) >= 11 is 0. The van der Waals surface area contributed by atoms with E-state index in [0.29, 0.717) is 31.4 Å². The smallest absolute Gasteiger partial charge is 0.274 e. The van der Waals surface area contributed by atoms with Gasteiger partial charge in [-0.2, -0.15) is 5.10 Å². The van der Waals surface area contributed by atoms with Crippen molar-refractivity contribution >= 4 is 5.91 Å². The van der Waals surface area contributed by atoms with E-state index in [1.54, 1.807) is 0 Å². The molecule has 0 spiro atoms. The van der Waals surface area contributed by atoms with E-state index < -0.39 is 0 Å². The number of piperidine rings is 1. The number of hydrogen-bond donors (Lipinski definition) is 1. The molecule has 6 nitrogen and oxygen atoms in total. The first kappa shape index (κ1) is 17.2. The van der Waals surface area contributed by atoms with Crippen LogP contribution in [0.25, 0.3) is 0 Å². The van der Waals surface area contributed by atoms with Crippen molar-refractivity contribution in [1.29, 1.82) is 0 Å². The van der Waals surface area contributed by atoms with Crippen molar-refractivity contribution in [2.24, 2.45) is 0 Å². The van der Waals surface area contributed by atoms with Gasteiger partial charge in [-0.1, -0.05) is 30.3 Å². The molecule has 0 radical (unpaired) electrons. The zero-order valence-electron chi connectivity index (χ0n) is 15.0. The highest BCUT2D eigenvalue weighted by molar-refractivity contribution is 5.92. The molecule has 2 atom stereocenters. The monoisotopic (exact) mass is 354 g/mol. The SMILES string of the molecule is O=C(c1ccn(C2CCCNC2)n1)N1CCOC(Cc2ccccc2)C1. The second-order valence-corrected chi connectivity index (χ2v) is 7.11. The standard InChI is InChI=1S/C20H26N4O2/c25-20(19-8-10-24(22-19)17-7-4-9-21-14-17)23-11-12-26-18(15-23)13-16-5-2-1-3-6-16/h1-3,5-6,8,10,17-18,21H,4,7,9,11-15H2. The van der Waals surface area contributed by atoms with Gasteiger partial charge in [0.1, 0.15) is 5.69 Å². The lowest BCUT2D eigenvalue weighted by atomic mass is 10.1. The fourth-order valence-corrected chi connectivity index (χ4v) is 3.78. The molecule has 1 aromatic carbocycles. The van der Waals surface area contributed by atoms with Crippen molar-refractivity contribution in [3.63, 3.8) is 0 Å². The van der Waals surface area contributed by atoms with Crippen LogP contribution in [-0.2, 0) is 11.2 Å². The van der Waals surface area contributed by atoms with Gasteiger partial charge in [0.25, 0.3) is 5.91 Å². The molecule has 6 heteroatoms. The molecule has 26 heavy (non-hydrogen) atoms. The fourth-order valence-electron chi connectivity index (χ4n) is 3.78. The number of nitrogens with zero attached hydrogens (tertiary/aromatic N) is 3. The van der Waals surface area contributed by atoms with Gasteiger partial charge in [0.2, 0.25) is 0 Å². The predicted molar refractivity (Wildman–Crippen MR) is 99.2 cm³/mol. The van der Waals surface area contributed by atoms with Gasteiger partial charge in [-0.15, -0.1) is 0 Å². The average molecular weight is 354 g/mol. The second kappa shape index (κ2) is 8.01. The highest BCUT2D eigenvalue weighted by Crippen LogP contribution is 2.18. The van der Waals surface area contributed by atoms with Gasteiger partial charge in [0, 0.05) is 32.3 Å². The third kappa shape index (κ3) is 3.97. The lowest BCUT2D eigenvalue weighted by Gasteiger charge is -2.32. The number of aromatic nitrogens is 2. The predicted octanol–water partition coefficient (Wildman–Crippen LogP) is 1.89. The number of morpholine rings is 1. The van der Waals surface area contributed by atoms with Crippen LogP contribution >= 0.6 is 0 Å². The van der Waals surface area contributed by atoms with Crippen LogP contribution in [0.1, 0.15) is 34.9 Å². The summed E-state index contributed by atoms with van der Waals surface area (Å²) in [5, 5.41) is 7.95. The van der Waals surface area contributed by atoms with E-state index >= 15 is 0 Å². The van der Waals surface area contributed by atoms with Gasteiger partial charge in [0.05, 0.1) is 18.8 Å². The van der Waals surface area contributed by atoms with Crippen molar-refractivity contribution in [3.05, 3.63) is 53.9 Å². The molecule has 3 heterocycles. The summed E-state index contributed by atoms with van der Waals surface area (Å²) in [5.41, 5.74) is 1.77. The van der Waals surface area contributed by atoms with Gasteiger partial charge >= 0.3 is 0 Å². The van der Waals surface area contributed by atoms with Gasteiger partial charge in [-0.05, 0) is 31.0 Å². The first-order valence-corrected chi connectivity index (χ1v) is 9.50. The van der Waals surface area contributed by atoms with E-state index in [9.17, 15) is 4.79 Å². The van der Waals surface area contributed by atoms with Crippen molar-refractivity contribution in [3.8, 4) is 0 Å². The molecule has 1 amide bonds. The minimum atomic E-state index is 0.00822. The molecular weight excluding hydrogens is 328 g/mol. The largest absolute Gasteiger partial charge is 0.374 e. The van der Waals surface area contributed by atoms with Crippen molar-refractivity contribution in [2.75, 3.05) is 32.8 Å². The lowest BCUT2D eigenvalue weighted by Crippen LogP contribution is -2.46. The zero-order valence-corrected chi connectivity index (χ0v) is 15.0. The topological polar surface area (TPSA) is 59.4 Å². The highest BCUT2D eigenvalue weighted by Gasteiger charge is 2.27. The van der Waals surface area contributed by atoms with E-state index in [-0.39, 0.29) is 12.0 Å². The van der Waals surface area contributed by atoms with Crippen LogP contribution in [-0.4, -0.2) is 59.5 Å². The summed E-state index contributed by atoms with van der Waals surface area (Å²) < 4.78 is 7.82. The average Bonchev–Trinajstić information content (AvgIpc) is 3.19. The maximum atomic E-state index is 12.9. The quantitative estimate of drug-likeness (QED) is 0.911. The Bertz CT molecular complexity index is 724. The van der Waals surface area contributed by atoms with Crippen LogP contribution in [0.3, 0.4) is 0 Å². The molecule has 2 aliphatic rings. The Kier molecular flexibility index (Phi) is 5.32. The zero-order chi connectivity index (χ0) is 17.8. The van der Waals surface area contributed by atoms with E-state index in [1.807, 2.05) is 40.0 Å². The van der Waals surface area contributed by atoms with Crippen LogP contribution in [0.2, 0.25) is 0 Å². The fraction of sp³-hybridized carbons (Fsp3) is 0.500. The Balaban J connectivity index is 1.38. The van der Waals surface area contributed by atoms with Gasteiger partial charge in [-0.3, -0.25) is 9.48 Å². The van der Waals surface area contributed by atoms with Crippen LogP contribution in [0.5, 0.6) is 0 Å². The van der Waals surface area contributed by atoms with Gasteiger partial charge < -0.3 is 15.0 Å². The molecule has 1 aromatic heterocycles. The molecule has 2 unspecified atom stereocenters. The molecular formula is C20H26N4O2. The number of amides is 1.